The highest BCUT2D eigenvalue weighted by Gasteiger charge is 2.37. The third kappa shape index (κ3) is 2.21. The monoisotopic (exact) mass is 172 g/mol. The minimum absolute atomic E-state index is 0.263. The quantitative estimate of drug-likeness (QED) is 0.602. The van der Waals surface area contributed by atoms with E-state index in [1.165, 1.54) is 0 Å². The number of esters is 1. The van der Waals surface area contributed by atoms with Crippen molar-refractivity contribution in [3.8, 4) is 0 Å². The second kappa shape index (κ2) is 3.05. The van der Waals surface area contributed by atoms with Crippen LogP contribution in [0.2, 0.25) is 0 Å². The van der Waals surface area contributed by atoms with Gasteiger partial charge in [-0.25, -0.2) is 0 Å². The molecule has 2 unspecified atom stereocenters. The third-order valence-corrected chi connectivity index (χ3v) is 1.95. The number of carbonyl (C=O) groups excluding carboxylic acids is 1. The van der Waals surface area contributed by atoms with Gasteiger partial charge in [-0.1, -0.05) is 0 Å². The predicted octanol–water partition coefficient (Wildman–Crippen LogP) is 1.10. The third-order valence-electron chi connectivity index (χ3n) is 1.95. The van der Waals surface area contributed by atoms with Gasteiger partial charge in [-0.2, -0.15) is 0 Å². The van der Waals surface area contributed by atoms with Crippen LogP contribution < -0.4 is 0 Å². The molecule has 1 aliphatic rings. The van der Waals surface area contributed by atoms with Gasteiger partial charge in [0, 0.05) is 0 Å². The summed E-state index contributed by atoms with van der Waals surface area (Å²) in [5, 5.41) is 9.17. The molecule has 0 amide bonds. The van der Waals surface area contributed by atoms with Gasteiger partial charge in [0.05, 0.1) is 12.0 Å². The molecule has 70 valence electrons. The summed E-state index contributed by atoms with van der Waals surface area (Å²) >= 11 is 0. The van der Waals surface area contributed by atoms with E-state index >= 15 is 0 Å². The van der Waals surface area contributed by atoms with Crippen molar-refractivity contribution in [3.05, 3.63) is 0 Å². The molecular formula is C9H16O3. The van der Waals surface area contributed by atoms with Gasteiger partial charge in [-0.05, 0) is 33.6 Å². The summed E-state index contributed by atoms with van der Waals surface area (Å²) < 4.78 is 5.11. The van der Waals surface area contributed by atoms with Gasteiger partial charge in [-0.15, -0.1) is 0 Å². The summed E-state index contributed by atoms with van der Waals surface area (Å²) in [6.07, 6.45) is 1.01. The largest absolute Gasteiger partial charge is 0.460 e. The second-order valence-corrected chi connectivity index (χ2v) is 4.28. The van der Waals surface area contributed by atoms with E-state index < -0.39 is 11.7 Å². The summed E-state index contributed by atoms with van der Waals surface area (Å²) in [4.78, 5) is 11.3. The predicted molar refractivity (Wildman–Crippen MR) is 44.6 cm³/mol. The summed E-state index contributed by atoms with van der Waals surface area (Å²) in [5.74, 6) is -0.537. The van der Waals surface area contributed by atoms with E-state index in [1.54, 1.807) is 0 Å². The van der Waals surface area contributed by atoms with E-state index in [0.29, 0.717) is 0 Å². The summed E-state index contributed by atoms with van der Waals surface area (Å²) in [6, 6.07) is 0. The maximum atomic E-state index is 11.3. The molecule has 0 saturated heterocycles. The molecule has 12 heavy (non-hydrogen) atoms. The maximum Gasteiger partial charge on any atom is 0.312 e. The van der Waals surface area contributed by atoms with Crippen molar-refractivity contribution < 1.29 is 14.6 Å². The van der Waals surface area contributed by atoms with Gasteiger partial charge in [-0.3, -0.25) is 4.79 Å². The molecule has 0 radical (unpaired) electrons. The standard InChI is InChI=1S/C9H16O3/c1-9(2,3)12-8(11)6-4-5-7(6)10/h6-7,10H,4-5H2,1-3H3. The lowest BCUT2D eigenvalue weighted by molar-refractivity contribution is -0.169. The molecule has 0 spiro atoms. The number of carbonyl (C=O) groups is 1. The molecule has 1 N–H and O–H groups in total. The Balaban J connectivity index is 2.39. The molecule has 1 aliphatic carbocycles. The van der Waals surface area contributed by atoms with Crippen molar-refractivity contribution in [3.63, 3.8) is 0 Å². The fourth-order valence-corrected chi connectivity index (χ4v) is 1.13. The molecule has 0 aromatic rings. The molecule has 0 aromatic heterocycles. The molecule has 1 saturated carbocycles. The summed E-state index contributed by atoms with van der Waals surface area (Å²) in [6.45, 7) is 5.49. The first kappa shape index (κ1) is 9.52. The molecule has 3 nitrogen and oxygen atoms in total. The SMILES string of the molecule is CC(C)(C)OC(=O)C1CCC1O. The zero-order valence-corrected chi connectivity index (χ0v) is 7.83. The van der Waals surface area contributed by atoms with Gasteiger partial charge >= 0.3 is 5.97 Å². The molecule has 0 aliphatic heterocycles. The zero-order valence-electron chi connectivity index (χ0n) is 7.83. The van der Waals surface area contributed by atoms with Crippen molar-refractivity contribution >= 4 is 5.97 Å². The highest BCUT2D eigenvalue weighted by molar-refractivity contribution is 5.74. The lowest BCUT2D eigenvalue weighted by Gasteiger charge is -2.32. The number of aliphatic hydroxyl groups excluding tert-OH is 1. The Morgan fingerprint density at radius 2 is 2.00 bits per heavy atom. The minimum atomic E-state index is -0.472. The number of rotatable bonds is 1. The highest BCUT2D eigenvalue weighted by atomic mass is 16.6. The van der Waals surface area contributed by atoms with Crippen LogP contribution in [0.3, 0.4) is 0 Å². The Kier molecular flexibility index (Phi) is 2.42. The smallest absolute Gasteiger partial charge is 0.312 e. The molecule has 2 atom stereocenters. The molecule has 0 heterocycles. The number of hydrogen-bond donors (Lipinski definition) is 1. The van der Waals surface area contributed by atoms with Crippen LogP contribution in [-0.4, -0.2) is 22.8 Å². The fraction of sp³-hybridized carbons (Fsp3) is 0.889. The van der Waals surface area contributed by atoms with Crippen LogP contribution in [0.15, 0.2) is 0 Å². The van der Waals surface area contributed by atoms with Crippen molar-refractivity contribution in [2.45, 2.75) is 45.3 Å². The summed E-state index contributed by atoms with van der Waals surface area (Å²) in [5.41, 5.74) is -0.438. The van der Waals surface area contributed by atoms with Crippen LogP contribution in [0.1, 0.15) is 33.6 Å². The average Bonchev–Trinajstić information content (AvgIpc) is 1.79. The molecule has 0 aromatic carbocycles. The van der Waals surface area contributed by atoms with Gasteiger partial charge in [0.25, 0.3) is 0 Å². The van der Waals surface area contributed by atoms with Gasteiger partial charge < -0.3 is 9.84 Å². The molecule has 1 fully saturated rings. The second-order valence-electron chi connectivity index (χ2n) is 4.28. The van der Waals surface area contributed by atoms with Gasteiger partial charge in [0.15, 0.2) is 0 Å². The van der Waals surface area contributed by atoms with E-state index in [9.17, 15) is 9.90 Å². The zero-order chi connectivity index (χ0) is 9.35. The van der Waals surface area contributed by atoms with Crippen molar-refractivity contribution in [1.82, 2.24) is 0 Å². The van der Waals surface area contributed by atoms with Crippen LogP contribution in [-0.2, 0) is 9.53 Å². The first-order valence-electron chi connectivity index (χ1n) is 4.31. The first-order chi connectivity index (χ1) is 5.40. The van der Waals surface area contributed by atoms with Crippen molar-refractivity contribution in [2.75, 3.05) is 0 Å². The summed E-state index contributed by atoms with van der Waals surface area (Å²) in [7, 11) is 0. The van der Waals surface area contributed by atoms with Gasteiger partial charge in [0.2, 0.25) is 0 Å². The van der Waals surface area contributed by atoms with Crippen molar-refractivity contribution in [1.29, 1.82) is 0 Å². The Morgan fingerprint density at radius 3 is 2.25 bits per heavy atom. The lowest BCUT2D eigenvalue weighted by Crippen LogP contribution is -2.41. The Labute approximate surface area is 72.7 Å². The van der Waals surface area contributed by atoms with Crippen LogP contribution in [0, 0.1) is 5.92 Å². The van der Waals surface area contributed by atoms with Crippen molar-refractivity contribution in [2.24, 2.45) is 5.92 Å². The van der Waals surface area contributed by atoms with E-state index in [4.69, 9.17) is 4.74 Å². The Hall–Kier alpha value is -0.570. The first-order valence-corrected chi connectivity index (χ1v) is 4.31. The van der Waals surface area contributed by atoms with E-state index in [1.807, 2.05) is 20.8 Å². The number of aliphatic hydroxyl groups is 1. The Morgan fingerprint density at radius 1 is 1.42 bits per heavy atom. The Bertz CT molecular complexity index is 181. The normalized spacial score (nSPS) is 29.3. The van der Waals surface area contributed by atoms with Crippen LogP contribution in [0.4, 0.5) is 0 Å². The van der Waals surface area contributed by atoms with Crippen LogP contribution >= 0.6 is 0 Å². The van der Waals surface area contributed by atoms with Crippen LogP contribution in [0.5, 0.6) is 0 Å². The maximum absolute atomic E-state index is 11.3. The minimum Gasteiger partial charge on any atom is -0.460 e. The molecular weight excluding hydrogens is 156 g/mol. The van der Waals surface area contributed by atoms with E-state index in [-0.39, 0.29) is 11.9 Å². The number of hydrogen-bond acceptors (Lipinski definition) is 3. The molecule has 0 bridgehead atoms. The number of ether oxygens (including phenoxy) is 1. The highest BCUT2D eigenvalue weighted by Crippen LogP contribution is 2.29. The lowest BCUT2D eigenvalue weighted by atomic mass is 9.82. The average molecular weight is 172 g/mol. The topological polar surface area (TPSA) is 46.5 Å². The van der Waals surface area contributed by atoms with E-state index in [2.05, 4.69) is 0 Å². The van der Waals surface area contributed by atoms with Gasteiger partial charge in [0.1, 0.15) is 5.60 Å². The fourth-order valence-electron chi connectivity index (χ4n) is 1.13. The van der Waals surface area contributed by atoms with E-state index in [0.717, 1.165) is 12.8 Å². The molecule has 3 heteroatoms. The van der Waals surface area contributed by atoms with Crippen LogP contribution in [0.25, 0.3) is 0 Å². The molecule has 1 rings (SSSR count).